The highest BCUT2D eigenvalue weighted by atomic mass is 79.9. The van der Waals surface area contributed by atoms with Crippen molar-refractivity contribution < 1.29 is 9.13 Å². The van der Waals surface area contributed by atoms with Crippen LogP contribution in [0.5, 0.6) is 5.75 Å². The summed E-state index contributed by atoms with van der Waals surface area (Å²) in [5, 5.41) is 0. The lowest BCUT2D eigenvalue weighted by atomic mass is 10.00. The molecule has 2 rings (SSSR count). The Morgan fingerprint density at radius 2 is 1.58 bits per heavy atom. The van der Waals surface area contributed by atoms with Crippen LogP contribution in [0, 0.1) is 19.7 Å². The summed E-state index contributed by atoms with van der Waals surface area (Å²) in [6.45, 7) is 3.96. The van der Waals surface area contributed by atoms with Crippen molar-refractivity contribution in [3.05, 3.63) is 64.5 Å². The Morgan fingerprint density at radius 3 is 2.21 bits per heavy atom. The van der Waals surface area contributed by atoms with Crippen LogP contribution in [-0.2, 0) is 0 Å². The highest BCUT2D eigenvalue weighted by molar-refractivity contribution is 9.09. The van der Waals surface area contributed by atoms with Gasteiger partial charge in [0, 0.05) is 11.1 Å². The van der Waals surface area contributed by atoms with Crippen molar-refractivity contribution in [3.63, 3.8) is 0 Å². The van der Waals surface area contributed by atoms with Crippen LogP contribution in [0.15, 0.2) is 36.4 Å². The maximum atomic E-state index is 14.0. The summed E-state index contributed by atoms with van der Waals surface area (Å²) in [5.41, 5.74) is 3.72. The molecule has 0 amide bonds. The molecule has 0 saturated heterocycles. The van der Waals surface area contributed by atoms with Crippen LogP contribution in [0.2, 0.25) is 0 Å². The van der Waals surface area contributed by atoms with E-state index in [2.05, 4.69) is 15.9 Å². The molecule has 0 saturated carbocycles. The van der Waals surface area contributed by atoms with Gasteiger partial charge in [-0.05, 0) is 26.0 Å². The highest BCUT2D eigenvalue weighted by Gasteiger charge is 2.18. The highest BCUT2D eigenvalue weighted by Crippen LogP contribution is 2.38. The molecular weight excluding hydrogens is 307 g/mol. The number of halogens is 2. The van der Waals surface area contributed by atoms with Gasteiger partial charge in [-0.15, -0.1) is 0 Å². The number of hydrogen-bond donors (Lipinski definition) is 0. The minimum absolute atomic E-state index is 0.212. The minimum Gasteiger partial charge on any atom is -0.496 e. The summed E-state index contributed by atoms with van der Waals surface area (Å²) < 4.78 is 19.3. The molecule has 0 radical (unpaired) electrons. The monoisotopic (exact) mass is 322 g/mol. The van der Waals surface area contributed by atoms with Crippen molar-refractivity contribution in [3.8, 4) is 5.75 Å². The second-order valence-electron chi connectivity index (χ2n) is 4.63. The van der Waals surface area contributed by atoms with E-state index in [1.807, 2.05) is 38.1 Å². The normalized spacial score (nSPS) is 12.3. The quantitative estimate of drug-likeness (QED) is 0.727. The SMILES string of the molecule is COc1ccc(C)cc1C(Br)c1cc(C)ccc1F. The number of aryl methyl sites for hydroxylation is 2. The van der Waals surface area contributed by atoms with Gasteiger partial charge in [-0.2, -0.15) is 0 Å². The molecule has 0 spiro atoms. The third-order valence-corrected chi connectivity index (χ3v) is 4.07. The van der Waals surface area contributed by atoms with E-state index < -0.39 is 0 Å². The first-order valence-electron chi connectivity index (χ1n) is 6.07. The molecule has 0 fully saturated rings. The fraction of sp³-hybridized carbons (Fsp3) is 0.250. The summed E-state index contributed by atoms with van der Waals surface area (Å²) in [4.78, 5) is -0.220. The van der Waals surface area contributed by atoms with E-state index in [0.29, 0.717) is 5.56 Å². The molecule has 19 heavy (non-hydrogen) atoms. The van der Waals surface area contributed by atoms with Gasteiger partial charge in [0.25, 0.3) is 0 Å². The van der Waals surface area contributed by atoms with Crippen molar-refractivity contribution in [2.24, 2.45) is 0 Å². The lowest BCUT2D eigenvalue weighted by Gasteiger charge is -2.16. The van der Waals surface area contributed by atoms with Crippen molar-refractivity contribution in [2.45, 2.75) is 18.7 Å². The first kappa shape index (κ1) is 14.1. The first-order chi connectivity index (χ1) is 9.02. The lowest BCUT2D eigenvalue weighted by Crippen LogP contribution is -2.00. The van der Waals surface area contributed by atoms with Crippen LogP contribution < -0.4 is 4.74 Å². The van der Waals surface area contributed by atoms with Gasteiger partial charge >= 0.3 is 0 Å². The molecule has 0 aliphatic rings. The number of benzene rings is 2. The molecule has 2 aromatic rings. The standard InChI is InChI=1S/C16H16BrFO/c1-10-4-6-14(18)12(8-10)16(17)13-9-11(2)5-7-15(13)19-3/h4-9,16H,1-3H3. The molecule has 2 aromatic carbocycles. The Hall–Kier alpha value is -1.35. The number of hydrogen-bond acceptors (Lipinski definition) is 1. The fourth-order valence-corrected chi connectivity index (χ4v) is 2.79. The molecule has 0 aromatic heterocycles. The number of methoxy groups -OCH3 is 1. The van der Waals surface area contributed by atoms with Gasteiger partial charge in [0.05, 0.1) is 11.9 Å². The van der Waals surface area contributed by atoms with E-state index in [0.717, 1.165) is 22.4 Å². The second kappa shape index (κ2) is 5.74. The van der Waals surface area contributed by atoms with Crippen molar-refractivity contribution in [1.29, 1.82) is 0 Å². The van der Waals surface area contributed by atoms with Crippen LogP contribution in [0.3, 0.4) is 0 Å². The van der Waals surface area contributed by atoms with E-state index in [-0.39, 0.29) is 10.6 Å². The van der Waals surface area contributed by atoms with Gasteiger partial charge in [-0.1, -0.05) is 51.3 Å². The summed E-state index contributed by atoms with van der Waals surface area (Å²) in [6.07, 6.45) is 0. The van der Waals surface area contributed by atoms with E-state index in [1.54, 1.807) is 13.2 Å². The molecular formula is C16H16BrFO. The Labute approximate surface area is 121 Å². The number of ether oxygens (including phenoxy) is 1. The Balaban J connectivity index is 2.51. The fourth-order valence-electron chi connectivity index (χ4n) is 2.08. The maximum Gasteiger partial charge on any atom is 0.127 e. The van der Waals surface area contributed by atoms with Gasteiger partial charge in [0.15, 0.2) is 0 Å². The predicted octanol–water partition coefficient (Wildman–Crippen LogP) is 4.94. The minimum atomic E-state index is -0.220. The molecule has 0 aliphatic carbocycles. The Kier molecular flexibility index (Phi) is 4.25. The Bertz CT molecular complexity index is 595. The molecule has 1 nitrogen and oxygen atoms in total. The van der Waals surface area contributed by atoms with E-state index in [1.165, 1.54) is 6.07 Å². The van der Waals surface area contributed by atoms with Crippen molar-refractivity contribution >= 4 is 15.9 Å². The summed E-state index contributed by atoms with van der Waals surface area (Å²) in [7, 11) is 1.63. The lowest BCUT2D eigenvalue weighted by molar-refractivity contribution is 0.410. The maximum absolute atomic E-state index is 14.0. The van der Waals surface area contributed by atoms with Crippen LogP contribution in [0.25, 0.3) is 0 Å². The molecule has 1 unspecified atom stereocenters. The second-order valence-corrected chi connectivity index (χ2v) is 5.55. The van der Waals surface area contributed by atoms with Gasteiger partial charge in [-0.25, -0.2) is 4.39 Å². The average molecular weight is 323 g/mol. The zero-order valence-electron chi connectivity index (χ0n) is 11.2. The zero-order chi connectivity index (χ0) is 14.0. The number of rotatable bonds is 3. The average Bonchev–Trinajstić information content (AvgIpc) is 2.40. The molecule has 100 valence electrons. The third kappa shape index (κ3) is 2.98. The smallest absolute Gasteiger partial charge is 0.127 e. The predicted molar refractivity (Wildman–Crippen MR) is 79.6 cm³/mol. The van der Waals surface area contributed by atoms with Gasteiger partial charge < -0.3 is 4.74 Å². The molecule has 0 aliphatic heterocycles. The Morgan fingerprint density at radius 1 is 1.00 bits per heavy atom. The molecule has 0 N–H and O–H groups in total. The summed E-state index contributed by atoms with van der Waals surface area (Å²) in [6, 6.07) is 11.0. The van der Waals surface area contributed by atoms with Crippen LogP contribution in [0.4, 0.5) is 4.39 Å². The van der Waals surface area contributed by atoms with Gasteiger partial charge in [0.2, 0.25) is 0 Å². The van der Waals surface area contributed by atoms with E-state index in [9.17, 15) is 4.39 Å². The van der Waals surface area contributed by atoms with Crippen LogP contribution in [0.1, 0.15) is 27.1 Å². The largest absolute Gasteiger partial charge is 0.496 e. The topological polar surface area (TPSA) is 9.23 Å². The van der Waals surface area contributed by atoms with Crippen LogP contribution in [-0.4, -0.2) is 7.11 Å². The van der Waals surface area contributed by atoms with Crippen LogP contribution >= 0.6 is 15.9 Å². The van der Waals surface area contributed by atoms with Crippen molar-refractivity contribution in [1.82, 2.24) is 0 Å². The van der Waals surface area contributed by atoms with E-state index in [4.69, 9.17) is 4.74 Å². The van der Waals surface area contributed by atoms with Gasteiger partial charge in [-0.3, -0.25) is 0 Å². The third-order valence-electron chi connectivity index (χ3n) is 3.08. The molecule has 0 bridgehead atoms. The van der Waals surface area contributed by atoms with Gasteiger partial charge in [0.1, 0.15) is 11.6 Å². The van der Waals surface area contributed by atoms with Crippen molar-refractivity contribution in [2.75, 3.05) is 7.11 Å². The summed E-state index contributed by atoms with van der Waals surface area (Å²) >= 11 is 3.58. The first-order valence-corrected chi connectivity index (χ1v) is 6.99. The molecule has 3 heteroatoms. The molecule has 1 atom stereocenters. The molecule has 0 heterocycles. The zero-order valence-corrected chi connectivity index (χ0v) is 12.8. The summed E-state index contributed by atoms with van der Waals surface area (Å²) in [5.74, 6) is 0.546. The van der Waals surface area contributed by atoms with E-state index >= 15 is 0 Å². The number of alkyl halides is 1.